The summed E-state index contributed by atoms with van der Waals surface area (Å²) in [5.41, 5.74) is 7.56. The predicted octanol–water partition coefficient (Wildman–Crippen LogP) is 5.26. The molecule has 2 atom stereocenters. The molecule has 2 fully saturated rings. The van der Waals surface area contributed by atoms with Crippen LogP contribution in [-0.4, -0.2) is 82.2 Å². The number of anilines is 2. The molecular formula is C31H28F3N7O3S. The van der Waals surface area contributed by atoms with Crippen molar-refractivity contribution < 1.29 is 27.1 Å². The van der Waals surface area contributed by atoms with Crippen LogP contribution in [0.1, 0.15) is 6.42 Å². The molecule has 0 radical (unpaired) electrons. The molecule has 2 unspecified atom stereocenters. The molecule has 0 bridgehead atoms. The number of rotatable bonds is 8. The van der Waals surface area contributed by atoms with Gasteiger partial charge in [0.25, 0.3) is 0 Å². The molecule has 0 spiro atoms. The number of nitrogens with two attached hydrogens (primary N) is 1. The highest BCUT2D eigenvalue weighted by molar-refractivity contribution is 7.22. The Balaban J connectivity index is 1.38. The fourth-order valence-electron chi connectivity index (χ4n) is 5.93. The molecule has 0 saturated carbocycles. The van der Waals surface area contributed by atoms with Gasteiger partial charge < -0.3 is 25.1 Å². The molecule has 7 rings (SSSR count). The van der Waals surface area contributed by atoms with E-state index in [0.29, 0.717) is 53.9 Å². The number of hydrogen-bond donors (Lipinski definition) is 2. The number of aromatic nitrogens is 3. The van der Waals surface area contributed by atoms with Gasteiger partial charge in [0.2, 0.25) is 5.91 Å². The highest BCUT2D eigenvalue weighted by atomic mass is 32.1. The van der Waals surface area contributed by atoms with Gasteiger partial charge in [-0.05, 0) is 49.4 Å². The summed E-state index contributed by atoms with van der Waals surface area (Å²) in [5.74, 6) is -1.12. The lowest BCUT2D eigenvalue weighted by Gasteiger charge is -2.39. The second-order valence-corrected chi connectivity index (χ2v) is 12.3. The number of fused-ring (bicyclic) bond motifs is 2. The second kappa shape index (κ2) is 11.3. The number of amides is 1. The van der Waals surface area contributed by atoms with Crippen molar-refractivity contribution in [3.63, 3.8) is 0 Å². The Kier molecular flexibility index (Phi) is 7.32. The lowest BCUT2D eigenvalue weighted by Crippen LogP contribution is -2.56. The number of nitrogens with zero attached hydrogens (tertiary/aromatic N) is 5. The molecule has 2 aliphatic rings. The molecule has 0 aliphatic carbocycles. The number of nitrogen functional groups attached to an aromatic ring is 1. The number of carbonyl (C=O) groups is 1. The van der Waals surface area contributed by atoms with Crippen molar-refractivity contribution in [3.05, 3.63) is 61.1 Å². The molecule has 3 aromatic heterocycles. The van der Waals surface area contributed by atoms with Gasteiger partial charge in [0.1, 0.15) is 29.9 Å². The summed E-state index contributed by atoms with van der Waals surface area (Å²) in [4.78, 5) is 28.9. The number of carbonyl (C=O) groups excluding carboxylic acids is 1. The van der Waals surface area contributed by atoms with Crippen LogP contribution in [0.3, 0.4) is 0 Å². The van der Waals surface area contributed by atoms with E-state index in [1.807, 2.05) is 11.9 Å². The fourth-order valence-corrected chi connectivity index (χ4v) is 6.70. The van der Waals surface area contributed by atoms with E-state index in [1.165, 1.54) is 30.7 Å². The Labute approximate surface area is 259 Å². The summed E-state index contributed by atoms with van der Waals surface area (Å²) < 4.78 is 57.3. The number of furan rings is 1. The molecule has 1 amide bonds. The van der Waals surface area contributed by atoms with E-state index in [2.05, 4.69) is 26.8 Å². The molecule has 3 N–H and O–H groups in total. The van der Waals surface area contributed by atoms with Gasteiger partial charge in [0.15, 0.2) is 10.9 Å². The first kappa shape index (κ1) is 29.0. The van der Waals surface area contributed by atoms with Crippen molar-refractivity contribution in [2.24, 2.45) is 0 Å². The summed E-state index contributed by atoms with van der Waals surface area (Å²) in [6.45, 7) is 4.72. The minimum Gasteiger partial charge on any atom is -0.472 e. The highest BCUT2D eigenvalue weighted by Crippen LogP contribution is 2.44. The molecule has 5 aromatic rings. The van der Waals surface area contributed by atoms with Crippen molar-refractivity contribution in [2.75, 3.05) is 44.3 Å². The van der Waals surface area contributed by atoms with E-state index < -0.39 is 17.8 Å². The molecule has 10 nitrogen and oxygen atoms in total. The van der Waals surface area contributed by atoms with E-state index in [9.17, 15) is 13.6 Å². The largest absolute Gasteiger partial charge is 0.472 e. The second-order valence-electron chi connectivity index (χ2n) is 11.2. The van der Waals surface area contributed by atoms with Crippen molar-refractivity contribution in [3.8, 4) is 28.3 Å². The van der Waals surface area contributed by atoms with Crippen molar-refractivity contribution >= 4 is 49.3 Å². The van der Waals surface area contributed by atoms with Crippen LogP contribution in [0.15, 0.2) is 53.9 Å². The molecule has 232 valence electrons. The van der Waals surface area contributed by atoms with Gasteiger partial charge in [-0.15, -0.1) is 0 Å². The summed E-state index contributed by atoms with van der Waals surface area (Å²) >= 11 is 0.974. The first-order chi connectivity index (χ1) is 21.7. The molecular weight excluding hydrogens is 607 g/mol. The van der Waals surface area contributed by atoms with E-state index in [-0.39, 0.29) is 57.0 Å². The Morgan fingerprint density at radius 2 is 2.02 bits per heavy atom. The number of alkyl halides is 1. The zero-order valence-corrected chi connectivity index (χ0v) is 24.9. The monoisotopic (exact) mass is 635 g/mol. The maximum Gasteiger partial charge on any atom is 0.319 e. The number of halogens is 3. The summed E-state index contributed by atoms with van der Waals surface area (Å²) in [6.07, 6.45) is 3.53. The predicted molar refractivity (Wildman–Crippen MR) is 166 cm³/mol. The summed E-state index contributed by atoms with van der Waals surface area (Å²) in [7, 11) is 1.81. The third-order valence-corrected chi connectivity index (χ3v) is 9.17. The standard InChI is InChI=1S/C31H28F3N7O3S/c1-3-23(42)41-11-17(12-41)36-29-21-9-20(15-6-7-43-13-15)24(19-4-5-22(33)28-27(19)37-30(35)45-28)25(34)26(21)38-31(39-29)44-14-18-8-16(32)10-40(18)2/h3-7,9,13,16-18H,1,8,10-12,14H2,2H3,(H2,35,37)(H,36,38,39). The van der Waals surface area contributed by atoms with Crippen LogP contribution in [0.5, 0.6) is 6.01 Å². The smallest absolute Gasteiger partial charge is 0.319 e. The molecule has 2 aromatic carbocycles. The van der Waals surface area contributed by atoms with Crippen LogP contribution in [0.4, 0.5) is 24.1 Å². The molecule has 2 saturated heterocycles. The quantitative estimate of drug-likeness (QED) is 0.220. The minimum atomic E-state index is -0.966. The van der Waals surface area contributed by atoms with Crippen molar-refractivity contribution in [2.45, 2.75) is 24.7 Å². The maximum absolute atomic E-state index is 17.0. The third kappa shape index (κ3) is 5.23. The lowest BCUT2D eigenvalue weighted by atomic mass is 9.92. The first-order valence-corrected chi connectivity index (χ1v) is 15.1. The SMILES string of the molecule is C=CC(=O)N1CC(Nc2nc(OCC3CC(F)CN3C)nc3c(F)c(-c4ccc(F)c5sc(N)nc45)c(-c4ccoc4)cc23)C1. The van der Waals surface area contributed by atoms with Gasteiger partial charge in [0, 0.05) is 47.8 Å². The van der Waals surface area contributed by atoms with E-state index in [4.69, 9.17) is 14.9 Å². The van der Waals surface area contributed by atoms with Gasteiger partial charge in [-0.2, -0.15) is 9.97 Å². The minimum absolute atomic E-state index is 0.0492. The number of hydrogen-bond acceptors (Lipinski definition) is 10. The lowest BCUT2D eigenvalue weighted by molar-refractivity contribution is -0.129. The third-order valence-electron chi connectivity index (χ3n) is 8.27. The highest BCUT2D eigenvalue weighted by Gasteiger charge is 2.33. The van der Waals surface area contributed by atoms with Gasteiger partial charge in [-0.1, -0.05) is 17.9 Å². The first-order valence-electron chi connectivity index (χ1n) is 14.3. The topological polar surface area (TPSA) is 123 Å². The number of ether oxygens (including phenoxy) is 1. The van der Waals surface area contributed by atoms with Crippen molar-refractivity contribution in [1.29, 1.82) is 0 Å². The van der Waals surface area contributed by atoms with E-state index in [1.54, 1.807) is 17.0 Å². The molecule has 2 aliphatic heterocycles. The number of likely N-dealkylation sites (N-methyl/N-ethyl adjacent to an activating group) is 1. The number of benzene rings is 2. The fraction of sp³-hybridized carbons (Fsp3) is 0.290. The number of thiazole rings is 1. The zero-order chi connectivity index (χ0) is 31.4. The van der Waals surface area contributed by atoms with Gasteiger partial charge in [0.05, 0.1) is 28.8 Å². The van der Waals surface area contributed by atoms with Gasteiger partial charge in [-0.25, -0.2) is 18.2 Å². The molecule has 45 heavy (non-hydrogen) atoms. The van der Waals surface area contributed by atoms with E-state index >= 15 is 4.39 Å². The Morgan fingerprint density at radius 3 is 2.73 bits per heavy atom. The zero-order valence-electron chi connectivity index (χ0n) is 24.1. The van der Waals surface area contributed by atoms with Crippen molar-refractivity contribution in [1.82, 2.24) is 24.8 Å². The summed E-state index contributed by atoms with van der Waals surface area (Å²) in [5, 5.41) is 3.81. The molecule has 14 heteroatoms. The Bertz CT molecular complexity index is 1940. The number of likely N-dealkylation sites (tertiary alicyclic amines) is 2. The van der Waals surface area contributed by atoms with Crippen LogP contribution in [-0.2, 0) is 4.79 Å². The van der Waals surface area contributed by atoms with Crippen LogP contribution in [0.2, 0.25) is 0 Å². The van der Waals surface area contributed by atoms with Crippen LogP contribution >= 0.6 is 11.3 Å². The van der Waals surface area contributed by atoms with E-state index in [0.717, 1.165) is 11.3 Å². The Morgan fingerprint density at radius 1 is 1.20 bits per heavy atom. The maximum atomic E-state index is 17.0. The number of nitrogens with one attached hydrogen (secondary N) is 1. The van der Waals surface area contributed by atoms with Crippen LogP contribution in [0.25, 0.3) is 43.4 Å². The van der Waals surface area contributed by atoms with Gasteiger partial charge in [-0.3, -0.25) is 9.69 Å². The van der Waals surface area contributed by atoms with Gasteiger partial charge >= 0.3 is 6.01 Å². The normalized spacial score (nSPS) is 18.9. The van der Waals surface area contributed by atoms with Crippen LogP contribution < -0.4 is 15.8 Å². The molecule has 5 heterocycles. The average Bonchev–Trinajstić information content (AvgIpc) is 3.74. The Hall–Kier alpha value is -4.69. The summed E-state index contributed by atoms with van der Waals surface area (Å²) in [6, 6.07) is 5.66. The average molecular weight is 636 g/mol. The van der Waals surface area contributed by atoms with Crippen LogP contribution in [0, 0.1) is 11.6 Å².